The first-order chi connectivity index (χ1) is 26.6. The lowest BCUT2D eigenvalue weighted by molar-refractivity contribution is 0.660. The van der Waals surface area contributed by atoms with Crippen LogP contribution < -0.4 is 4.90 Å². The lowest BCUT2D eigenvalue weighted by atomic mass is 9.70. The normalized spacial score (nSPS) is 14.8. The van der Waals surface area contributed by atoms with Crippen LogP contribution in [0.25, 0.3) is 55.3 Å². The highest BCUT2D eigenvalue weighted by molar-refractivity contribution is 6.14. The molecule has 0 saturated heterocycles. The average Bonchev–Trinajstić information content (AvgIpc) is 3.91. The first kappa shape index (κ1) is 29.9. The molecular formula is C52H35NO. The summed E-state index contributed by atoms with van der Waals surface area (Å²) in [6.07, 6.45) is 0. The van der Waals surface area contributed by atoms with Crippen molar-refractivity contribution in [1.82, 2.24) is 0 Å². The topological polar surface area (TPSA) is 16.4 Å². The predicted octanol–water partition coefficient (Wildman–Crippen LogP) is 13.7. The third kappa shape index (κ3) is 3.60. The van der Waals surface area contributed by atoms with Gasteiger partial charge < -0.3 is 9.32 Å². The van der Waals surface area contributed by atoms with Gasteiger partial charge in [0.15, 0.2) is 0 Å². The molecule has 0 N–H and O–H groups in total. The molecule has 1 heterocycles. The second-order valence-corrected chi connectivity index (χ2v) is 15.6. The molecule has 0 saturated carbocycles. The highest BCUT2D eigenvalue weighted by atomic mass is 16.3. The quantitative estimate of drug-likeness (QED) is 0.184. The van der Waals surface area contributed by atoms with E-state index in [-0.39, 0.29) is 5.41 Å². The maximum atomic E-state index is 6.54. The van der Waals surface area contributed by atoms with Crippen molar-refractivity contribution in [2.24, 2.45) is 0 Å². The lowest BCUT2D eigenvalue weighted by Gasteiger charge is -2.32. The molecule has 3 aliphatic carbocycles. The van der Waals surface area contributed by atoms with Crippen LogP contribution in [0.4, 0.5) is 17.1 Å². The Balaban J connectivity index is 1.20. The largest absolute Gasteiger partial charge is 0.456 e. The highest BCUT2D eigenvalue weighted by Gasteiger charge is 2.52. The summed E-state index contributed by atoms with van der Waals surface area (Å²) < 4.78 is 6.54. The van der Waals surface area contributed by atoms with Gasteiger partial charge in [0.2, 0.25) is 0 Å². The maximum Gasteiger partial charge on any atom is 0.137 e. The van der Waals surface area contributed by atoms with Gasteiger partial charge in [0, 0.05) is 22.1 Å². The van der Waals surface area contributed by atoms with Crippen LogP contribution in [0.2, 0.25) is 0 Å². The Hall–Kier alpha value is -6.64. The third-order valence-corrected chi connectivity index (χ3v) is 12.7. The summed E-state index contributed by atoms with van der Waals surface area (Å²) in [5.74, 6) is 0. The molecule has 0 amide bonds. The zero-order valence-corrected chi connectivity index (χ0v) is 30.1. The number of anilines is 3. The Morgan fingerprint density at radius 1 is 0.407 bits per heavy atom. The lowest BCUT2D eigenvalue weighted by Crippen LogP contribution is -2.26. The highest BCUT2D eigenvalue weighted by Crippen LogP contribution is 2.65. The molecule has 1 spiro atoms. The van der Waals surface area contributed by atoms with E-state index in [0.717, 1.165) is 39.0 Å². The molecule has 54 heavy (non-hydrogen) atoms. The van der Waals surface area contributed by atoms with Gasteiger partial charge in [-0.25, -0.2) is 0 Å². The van der Waals surface area contributed by atoms with Crippen molar-refractivity contribution in [2.45, 2.75) is 24.7 Å². The Kier molecular flexibility index (Phi) is 5.81. The number of para-hydroxylation sites is 1. The predicted molar refractivity (Wildman–Crippen MR) is 222 cm³/mol. The van der Waals surface area contributed by atoms with E-state index >= 15 is 0 Å². The Bertz CT molecular complexity index is 3010. The third-order valence-electron chi connectivity index (χ3n) is 12.7. The molecule has 0 aliphatic heterocycles. The summed E-state index contributed by atoms with van der Waals surface area (Å²) in [5.41, 5.74) is 20.5. The minimum Gasteiger partial charge on any atom is -0.456 e. The molecule has 1 aromatic heterocycles. The van der Waals surface area contributed by atoms with E-state index < -0.39 is 5.41 Å². The van der Waals surface area contributed by atoms with Gasteiger partial charge in [-0.1, -0.05) is 153 Å². The average molecular weight is 690 g/mol. The van der Waals surface area contributed by atoms with Gasteiger partial charge in [0.25, 0.3) is 0 Å². The van der Waals surface area contributed by atoms with E-state index in [0.29, 0.717) is 0 Å². The summed E-state index contributed by atoms with van der Waals surface area (Å²) in [7, 11) is 0. The molecule has 2 nitrogen and oxygen atoms in total. The minimum absolute atomic E-state index is 0.144. The van der Waals surface area contributed by atoms with Crippen molar-refractivity contribution in [1.29, 1.82) is 0 Å². The van der Waals surface area contributed by atoms with E-state index in [1.165, 1.54) is 66.8 Å². The maximum absolute atomic E-state index is 6.54. The number of nitrogens with zero attached hydrogens (tertiary/aromatic N) is 1. The van der Waals surface area contributed by atoms with Gasteiger partial charge in [-0.2, -0.15) is 0 Å². The summed E-state index contributed by atoms with van der Waals surface area (Å²) in [6, 6.07) is 65.2. The van der Waals surface area contributed by atoms with Crippen LogP contribution in [-0.4, -0.2) is 0 Å². The van der Waals surface area contributed by atoms with Crippen LogP contribution in [0, 0.1) is 0 Å². The number of fused-ring (bicyclic) bond motifs is 16. The fourth-order valence-electron chi connectivity index (χ4n) is 10.5. The number of hydrogen-bond donors (Lipinski definition) is 0. The molecule has 8 aromatic carbocycles. The monoisotopic (exact) mass is 689 g/mol. The molecule has 9 aromatic rings. The molecule has 0 fully saturated rings. The van der Waals surface area contributed by atoms with E-state index in [1.807, 2.05) is 0 Å². The Morgan fingerprint density at radius 2 is 0.926 bits per heavy atom. The molecule has 0 unspecified atom stereocenters. The standard InChI is InChI=1S/C52H35NO/c1-51(2)39-20-8-3-15-33(39)36-30-29-32(31-44(36)51)53(46-26-14-28-48-50(46)38-19-7-12-27-47(38)54-48)45-25-13-24-43-49(45)37-18-6-11-23-42(37)52(43)40-21-9-4-16-34(40)35-17-5-10-22-41(35)52/h3-31H,1-2H3. The van der Waals surface area contributed by atoms with E-state index in [9.17, 15) is 0 Å². The van der Waals surface area contributed by atoms with Crippen molar-refractivity contribution in [3.8, 4) is 33.4 Å². The fraction of sp³-hybridized carbons (Fsp3) is 0.0769. The van der Waals surface area contributed by atoms with Crippen molar-refractivity contribution >= 4 is 39.0 Å². The molecule has 0 radical (unpaired) electrons. The van der Waals surface area contributed by atoms with Crippen LogP contribution in [0.1, 0.15) is 47.2 Å². The Labute approximate surface area is 314 Å². The molecule has 0 bridgehead atoms. The fourth-order valence-corrected chi connectivity index (χ4v) is 10.5. The molecule has 0 atom stereocenters. The zero-order valence-electron chi connectivity index (χ0n) is 30.1. The van der Waals surface area contributed by atoms with Gasteiger partial charge in [-0.3, -0.25) is 0 Å². The van der Waals surface area contributed by atoms with Crippen molar-refractivity contribution < 1.29 is 4.42 Å². The van der Waals surface area contributed by atoms with Crippen LogP contribution >= 0.6 is 0 Å². The summed E-state index contributed by atoms with van der Waals surface area (Å²) >= 11 is 0. The second kappa shape index (κ2) is 10.5. The molecule has 12 rings (SSSR count). The summed E-state index contributed by atoms with van der Waals surface area (Å²) in [6.45, 7) is 4.73. The number of benzene rings is 8. The first-order valence-corrected chi connectivity index (χ1v) is 18.9. The van der Waals surface area contributed by atoms with Crippen LogP contribution in [-0.2, 0) is 10.8 Å². The van der Waals surface area contributed by atoms with Gasteiger partial charge >= 0.3 is 0 Å². The second-order valence-electron chi connectivity index (χ2n) is 15.6. The van der Waals surface area contributed by atoms with E-state index in [4.69, 9.17) is 4.42 Å². The van der Waals surface area contributed by atoms with Crippen LogP contribution in [0.5, 0.6) is 0 Å². The van der Waals surface area contributed by atoms with Gasteiger partial charge in [0.1, 0.15) is 11.2 Å². The molecular weight excluding hydrogens is 655 g/mol. The Morgan fingerprint density at radius 3 is 1.67 bits per heavy atom. The number of furan rings is 1. The van der Waals surface area contributed by atoms with Gasteiger partial charge in [-0.05, 0) is 97.6 Å². The molecule has 2 heteroatoms. The van der Waals surface area contributed by atoms with Crippen LogP contribution in [0.3, 0.4) is 0 Å². The number of hydrogen-bond acceptors (Lipinski definition) is 2. The van der Waals surface area contributed by atoms with Crippen molar-refractivity contribution in [2.75, 3.05) is 4.90 Å². The van der Waals surface area contributed by atoms with E-state index in [1.54, 1.807) is 0 Å². The van der Waals surface area contributed by atoms with E-state index in [2.05, 4.69) is 195 Å². The van der Waals surface area contributed by atoms with Crippen LogP contribution in [0.15, 0.2) is 180 Å². The van der Waals surface area contributed by atoms with Gasteiger partial charge in [0.05, 0.1) is 22.2 Å². The van der Waals surface area contributed by atoms with Gasteiger partial charge in [-0.15, -0.1) is 0 Å². The summed E-state index contributed by atoms with van der Waals surface area (Å²) in [4.78, 5) is 2.52. The first-order valence-electron chi connectivity index (χ1n) is 18.9. The minimum atomic E-state index is -0.434. The number of rotatable bonds is 3. The SMILES string of the molecule is CC1(C)c2ccccc2-c2ccc(N(c3cccc4c3-c3ccccc3C43c4ccccc4-c4ccccc43)c3cccc4oc5ccccc5c34)cc21. The van der Waals surface area contributed by atoms with Crippen molar-refractivity contribution in [3.05, 3.63) is 209 Å². The van der Waals surface area contributed by atoms with Crippen molar-refractivity contribution in [3.63, 3.8) is 0 Å². The smallest absolute Gasteiger partial charge is 0.137 e. The molecule has 254 valence electrons. The summed E-state index contributed by atoms with van der Waals surface area (Å²) in [5, 5.41) is 2.23. The zero-order chi connectivity index (χ0) is 35.8. The molecule has 3 aliphatic rings.